The Balaban J connectivity index is 1.52. The van der Waals surface area contributed by atoms with E-state index in [-0.39, 0.29) is 34.5 Å². The molecule has 3 aromatic rings. The van der Waals surface area contributed by atoms with E-state index in [1.165, 1.54) is 12.3 Å². The zero-order valence-corrected chi connectivity index (χ0v) is 22.2. The van der Waals surface area contributed by atoms with Crippen LogP contribution in [0.2, 0.25) is 5.02 Å². The number of amides is 1. The minimum absolute atomic E-state index is 0.0269. The van der Waals surface area contributed by atoms with Crippen molar-refractivity contribution >= 4 is 27.5 Å². The first-order valence-corrected chi connectivity index (χ1v) is 13.8. The number of halogens is 5. The first-order valence-electron chi connectivity index (χ1n) is 12.0. The van der Waals surface area contributed by atoms with Crippen molar-refractivity contribution in [1.29, 1.82) is 0 Å². The summed E-state index contributed by atoms with van der Waals surface area (Å²) >= 11 is 6.19. The number of nitrogens with one attached hydrogen (secondary N) is 1. The predicted molar refractivity (Wildman–Crippen MR) is 134 cm³/mol. The maximum absolute atomic E-state index is 13.4. The Morgan fingerprint density at radius 2 is 1.79 bits per heavy atom. The number of carbonyl (C=O) groups is 1. The van der Waals surface area contributed by atoms with Crippen molar-refractivity contribution in [2.45, 2.75) is 49.8 Å². The normalized spacial score (nSPS) is 18.3. The van der Waals surface area contributed by atoms with Crippen LogP contribution in [0, 0.1) is 11.7 Å². The predicted octanol–water partition coefficient (Wildman–Crippen LogP) is 4.85. The van der Waals surface area contributed by atoms with Crippen LogP contribution in [-0.2, 0) is 27.5 Å². The molecular weight excluding hydrogens is 562 g/mol. The summed E-state index contributed by atoms with van der Waals surface area (Å²) < 4.78 is 79.5. The lowest BCUT2D eigenvalue weighted by Gasteiger charge is -2.23. The molecule has 3 heterocycles. The summed E-state index contributed by atoms with van der Waals surface area (Å²) in [6.45, 7) is 2.03. The molecule has 39 heavy (non-hydrogen) atoms. The van der Waals surface area contributed by atoms with Gasteiger partial charge in [-0.05, 0) is 49.1 Å². The molecule has 1 aliphatic heterocycles. The second-order valence-corrected chi connectivity index (χ2v) is 11.4. The third-order valence-corrected chi connectivity index (χ3v) is 8.52. The van der Waals surface area contributed by atoms with E-state index in [9.17, 15) is 30.8 Å². The number of rotatable bonds is 8. The smallest absolute Gasteiger partial charge is 0.349 e. The molecule has 4 rings (SSSR count). The van der Waals surface area contributed by atoms with E-state index in [0.717, 1.165) is 53.8 Å². The quantitative estimate of drug-likeness (QED) is 0.379. The average Bonchev–Trinajstić information content (AvgIpc) is 3.33. The molecule has 1 fully saturated rings. The lowest BCUT2D eigenvalue weighted by molar-refractivity contribution is -0.145. The highest BCUT2D eigenvalue weighted by Crippen LogP contribution is 2.33. The number of carbonyl (C=O) groups excluding carboxylic acids is 1. The van der Waals surface area contributed by atoms with E-state index in [4.69, 9.17) is 11.6 Å². The van der Waals surface area contributed by atoms with E-state index in [2.05, 4.69) is 20.3 Å². The van der Waals surface area contributed by atoms with Gasteiger partial charge in [-0.3, -0.25) is 9.78 Å². The van der Waals surface area contributed by atoms with Crippen molar-refractivity contribution in [1.82, 2.24) is 24.6 Å². The molecule has 0 aliphatic carbocycles. The van der Waals surface area contributed by atoms with Gasteiger partial charge < -0.3 is 5.32 Å². The van der Waals surface area contributed by atoms with Gasteiger partial charge in [-0.1, -0.05) is 24.9 Å². The van der Waals surface area contributed by atoms with Crippen molar-refractivity contribution < 1.29 is 30.8 Å². The summed E-state index contributed by atoms with van der Waals surface area (Å²) in [7, 11) is -4.07. The Kier molecular flexibility index (Phi) is 8.52. The van der Waals surface area contributed by atoms with E-state index in [0.29, 0.717) is 17.7 Å². The number of sulfonamides is 1. The van der Waals surface area contributed by atoms with Gasteiger partial charge >= 0.3 is 6.18 Å². The summed E-state index contributed by atoms with van der Waals surface area (Å²) in [4.78, 5) is 23.9. The number of pyridine rings is 1. The Morgan fingerprint density at radius 1 is 1.13 bits per heavy atom. The van der Waals surface area contributed by atoms with Gasteiger partial charge in [-0.2, -0.15) is 17.5 Å². The summed E-state index contributed by atoms with van der Waals surface area (Å²) in [5, 5.41) is 2.84. The molecule has 0 bridgehead atoms. The molecule has 0 radical (unpaired) electrons. The van der Waals surface area contributed by atoms with Gasteiger partial charge in [0, 0.05) is 36.3 Å². The number of aromatic nitrogens is 3. The van der Waals surface area contributed by atoms with Crippen molar-refractivity contribution in [2.75, 3.05) is 6.54 Å². The molecule has 2 atom stereocenters. The van der Waals surface area contributed by atoms with Gasteiger partial charge in [-0.25, -0.2) is 22.8 Å². The second kappa shape index (κ2) is 11.5. The second-order valence-electron chi connectivity index (χ2n) is 9.10. The molecule has 1 saturated heterocycles. The molecule has 8 nitrogen and oxygen atoms in total. The monoisotopic (exact) mass is 585 g/mol. The highest BCUT2D eigenvalue weighted by atomic mass is 35.5. The topological polar surface area (TPSA) is 105 Å². The van der Waals surface area contributed by atoms with Crippen LogP contribution >= 0.6 is 11.6 Å². The number of hydrogen-bond donors (Lipinski definition) is 1. The summed E-state index contributed by atoms with van der Waals surface area (Å²) in [6, 6.07) is 4.93. The molecule has 0 saturated carbocycles. The van der Waals surface area contributed by atoms with Gasteiger partial charge in [-0.15, -0.1) is 0 Å². The minimum Gasteiger partial charge on any atom is -0.349 e. The lowest BCUT2D eigenvalue weighted by atomic mass is 10.0. The van der Waals surface area contributed by atoms with Crippen LogP contribution in [0.15, 0.2) is 53.8 Å². The Bertz CT molecular complexity index is 1440. The van der Waals surface area contributed by atoms with Crippen molar-refractivity contribution in [2.24, 2.45) is 5.92 Å². The van der Waals surface area contributed by atoms with Crippen LogP contribution in [0.25, 0.3) is 11.1 Å². The van der Waals surface area contributed by atoms with E-state index >= 15 is 0 Å². The van der Waals surface area contributed by atoms with Gasteiger partial charge in [0.1, 0.15) is 11.9 Å². The van der Waals surface area contributed by atoms with Gasteiger partial charge in [0.05, 0.1) is 22.2 Å². The zero-order chi connectivity index (χ0) is 28.4. The third-order valence-electron chi connectivity index (χ3n) is 6.33. The largest absolute Gasteiger partial charge is 0.451 e. The fourth-order valence-corrected chi connectivity index (χ4v) is 6.35. The Morgan fingerprint density at radius 3 is 2.41 bits per heavy atom. The first-order chi connectivity index (χ1) is 18.4. The van der Waals surface area contributed by atoms with Crippen LogP contribution in [0.3, 0.4) is 0 Å². The molecule has 1 aliphatic rings. The van der Waals surface area contributed by atoms with Gasteiger partial charge in [0.25, 0.3) is 0 Å². The zero-order valence-electron chi connectivity index (χ0n) is 20.6. The summed E-state index contributed by atoms with van der Waals surface area (Å²) in [6.07, 6.45) is 0.444. The minimum atomic E-state index is -4.69. The fourth-order valence-electron chi connectivity index (χ4n) is 4.46. The average molecular weight is 586 g/mol. The van der Waals surface area contributed by atoms with Gasteiger partial charge in [0.15, 0.2) is 0 Å². The van der Waals surface area contributed by atoms with Crippen LogP contribution in [0.1, 0.15) is 37.7 Å². The lowest BCUT2D eigenvalue weighted by Crippen LogP contribution is -2.45. The van der Waals surface area contributed by atoms with E-state index in [1.54, 1.807) is 0 Å². The third kappa shape index (κ3) is 6.53. The molecular formula is C25H24ClF4N5O3S. The van der Waals surface area contributed by atoms with Crippen molar-refractivity contribution in [3.05, 3.63) is 71.3 Å². The van der Waals surface area contributed by atoms with Crippen LogP contribution in [0.4, 0.5) is 17.6 Å². The molecule has 2 unspecified atom stereocenters. The molecule has 0 spiro atoms. The van der Waals surface area contributed by atoms with Crippen molar-refractivity contribution in [3.8, 4) is 11.1 Å². The number of benzene rings is 1. The summed E-state index contributed by atoms with van der Waals surface area (Å²) in [5.74, 6) is -2.43. The number of hydrogen-bond acceptors (Lipinski definition) is 6. The molecule has 14 heteroatoms. The number of alkyl halides is 3. The van der Waals surface area contributed by atoms with Crippen LogP contribution in [-0.4, -0.2) is 46.2 Å². The first kappa shape index (κ1) is 28.8. The van der Waals surface area contributed by atoms with E-state index < -0.39 is 39.8 Å². The highest BCUT2D eigenvalue weighted by Gasteiger charge is 2.43. The summed E-state index contributed by atoms with van der Waals surface area (Å²) in [5.41, 5.74) is 0.866. The SMILES string of the molecule is CCCC1CC(C(=O)NCc2cc(-c3cnc(C(F)(F)F)nc3)c(Cl)cn2)N(S(=O)(=O)c2ccc(F)cc2)C1. The Hall–Kier alpha value is -3.16. The molecule has 1 N–H and O–H groups in total. The standard InChI is InChI=1S/C25H24ClF4N5O3S/c1-2-3-15-8-22(35(14-15)39(37,38)19-6-4-17(27)5-7-19)23(36)32-12-18-9-20(21(26)13-31-18)16-10-33-24(34-11-16)25(28,29)30/h4-7,9-11,13,15,22H,2-3,8,12,14H2,1H3,(H,32,36). The maximum atomic E-state index is 13.4. The van der Waals surface area contributed by atoms with Crippen molar-refractivity contribution in [3.63, 3.8) is 0 Å². The molecule has 1 amide bonds. The van der Waals surface area contributed by atoms with E-state index in [1.807, 2.05) is 6.92 Å². The molecule has 1 aromatic carbocycles. The van der Waals surface area contributed by atoms with Crippen LogP contribution in [0.5, 0.6) is 0 Å². The van der Waals surface area contributed by atoms with Gasteiger partial charge in [0.2, 0.25) is 21.8 Å². The Labute approximate surface area is 227 Å². The number of nitrogens with zero attached hydrogens (tertiary/aromatic N) is 4. The molecule has 2 aromatic heterocycles. The van der Waals surface area contributed by atoms with Crippen LogP contribution < -0.4 is 5.32 Å². The fraction of sp³-hybridized carbons (Fsp3) is 0.360. The highest BCUT2D eigenvalue weighted by molar-refractivity contribution is 7.89. The maximum Gasteiger partial charge on any atom is 0.451 e. The molecule has 208 valence electrons.